The Balaban J connectivity index is 0.000000241. The molecule has 0 radical (unpaired) electrons. The summed E-state index contributed by atoms with van der Waals surface area (Å²) in [6.45, 7) is 2.85. The van der Waals surface area contributed by atoms with Gasteiger partial charge in [0.15, 0.2) is 0 Å². The predicted molar refractivity (Wildman–Crippen MR) is 140 cm³/mol. The van der Waals surface area contributed by atoms with E-state index in [4.69, 9.17) is 10.00 Å². The molecule has 1 fully saturated rings. The first-order valence-corrected chi connectivity index (χ1v) is 12.1. The molecular formula is C28H35N5O2. The van der Waals surface area contributed by atoms with E-state index < -0.39 is 0 Å². The molecule has 1 unspecified atom stereocenters. The van der Waals surface area contributed by atoms with Gasteiger partial charge < -0.3 is 20.3 Å². The minimum absolute atomic E-state index is 0.0244. The number of likely N-dealkylation sites (N-methyl/N-ethyl adjacent to an activating group) is 1. The highest BCUT2D eigenvalue weighted by Gasteiger charge is 2.22. The molecule has 7 heteroatoms. The van der Waals surface area contributed by atoms with Crippen LogP contribution in [0.5, 0.6) is 0 Å². The fourth-order valence-corrected chi connectivity index (χ4v) is 3.99. The third-order valence-corrected chi connectivity index (χ3v) is 6.04. The van der Waals surface area contributed by atoms with Gasteiger partial charge in [-0.3, -0.25) is 4.79 Å². The molecule has 2 heterocycles. The van der Waals surface area contributed by atoms with E-state index in [-0.39, 0.29) is 5.91 Å². The second kappa shape index (κ2) is 14.1. The number of allylic oxidation sites excluding steroid dienone is 3. The SMILES string of the molecule is CNCCc1ccc(C#N)cc1.COC1CCN(c2ccc(NC(=O)CC3=CCCC=C3)nc2)C1. The van der Waals surface area contributed by atoms with Crippen molar-refractivity contribution in [3.8, 4) is 6.07 Å². The number of hydrogen-bond donors (Lipinski definition) is 2. The highest BCUT2D eigenvalue weighted by atomic mass is 16.5. The number of carbonyl (C=O) groups excluding carboxylic acids is 1. The van der Waals surface area contributed by atoms with Gasteiger partial charge in [0.05, 0.1) is 36.0 Å². The van der Waals surface area contributed by atoms with E-state index in [0.29, 0.717) is 18.3 Å². The number of nitriles is 1. The summed E-state index contributed by atoms with van der Waals surface area (Å²) in [5, 5.41) is 14.5. The minimum atomic E-state index is -0.0244. The van der Waals surface area contributed by atoms with Crippen molar-refractivity contribution in [3.05, 3.63) is 77.5 Å². The molecule has 2 aliphatic rings. The zero-order chi connectivity index (χ0) is 24.9. The van der Waals surface area contributed by atoms with E-state index in [1.165, 1.54) is 5.56 Å². The van der Waals surface area contributed by atoms with Crippen molar-refractivity contribution in [1.29, 1.82) is 5.26 Å². The van der Waals surface area contributed by atoms with Crippen molar-refractivity contribution in [2.24, 2.45) is 0 Å². The molecule has 1 aromatic carbocycles. The van der Waals surface area contributed by atoms with E-state index >= 15 is 0 Å². The number of benzene rings is 1. The van der Waals surface area contributed by atoms with E-state index in [9.17, 15) is 4.79 Å². The monoisotopic (exact) mass is 473 g/mol. The van der Waals surface area contributed by atoms with Crippen LogP contribution >= 0.6 is 0 Å². The number of methoxy groups -OCH3 is 1. The van der Waals surface area contributed by atoms with Gasteiger partial charge in [0, 0.05) is 20.2 Å². The maximum absolute atomic E-state index is 12.1. The van der Waals surface area contributed by atoms with Gasteiger partial charge >= 0.3 is 0 Å². The number of rotatable bonds is 8. The third kappa shape index (κ3) is 8.67. The van der Waals surface area contributed by atoms with Gasteiger partial charge in [-0.15, -0.1) is 0 Å². The van der Waals surface area contributed by atoms with Gasteiger partial charge in [0.25, 0.3) is 0 Å². The normalized spacial score (nSPS) is 16.7. The molecule has 35 heavy (non-hydrogen) atoms. The molecule has 1 amide bonds. The fraction of sp³-hybridized carbons (Fsp3) is 0.393. The number of hydrogen-bond acceptors (Lipinski definition) is 6. The Morgan fingerprint density at radius 3 is 2.66 bits per heavy atom. The Morgan fingerprint density at radius 1 is 1.23 bits per heavy atom. The maximum Gasteiger partial charge on any atom is 0.229 e. The van der Waals surface area contributed by atoms with Gasteiger partial charge in [-0.25, -0.2) is 4.98 Å². The van der Waals surface area contributed by atoms with Crippen LogP contribution in [-0.4, -0.2) is 50.8 Å². The van der Waals surface area contributed by atoms with E-state index in [2.05, 4.69) is 38.7 Å². The van der Waals surface area contributed by atoms with Crippen molar-refractivity contribution in [2.75, 3.05) is 44.0 Å². The molecule has 1 aliphatic heterocycles. The first-order chi connectivity index (χ1) is 17.1. The molecule has 1 aliphatic carbocycles. The third-order valence-electron chi connectivity index (χ3n) is 6.04. The molecular weight excluding hydrogens is 438 g/mol. The number of anilines is 2. The number of ether oxygens (including phenoxy) is 1. The lowest BCUT2D eigenvalue weighted by atomic mass is 10.0. The van der Waals surface area contributed by atoms with Crippen LogP contribution in [0.1, 0.15) is 36.8 Å². The van der Waals surface area contributed by atoms with Crippen molar-refractivity contribution in [2.45, 2.75) is 38.2 Å². The van der Waals surface area contributed by atoms with Gasteiger partial charge in [0.1, 0.15) is 5.82 Å². The van der Waals surface area contributed by atoms with Crippen LogP contribution in [0.2, 0.25) is 0 Å². The summed E-state index contributed by atoms with van der Waals surface area (Å²) in [6, 6.07) is 13.7. The molecule has 7 nitrogen and oxygen atoms in total. The van der Waals surface area contributed by atoms with Gasteiger partial charge in [-0.05, 0) is 74.7 Å². The van der Waals surface area contributed by atoms with Crippen LogP contribution in [0.15, 0.2) is 66.4 Å². The van der Waals surface area contributed by atoms with Crippen LogP contribution in [0.3, 0.4) is 0 Å². The van der Waals surface area contributed by atoms with Crippen LogP contribution in [0, 0.1) is 11.3 Å². The Bertz CT molecular complexity index is 1040. The topological polar surface area (TPSA) is 90.3 Å². The summed E-state index contributed by atoms with van der Waals surface area (Å²) in [5.74, 6) is 0.574. The predicted octanol–water partition coefficient (Wildman–Crippen LogP) is 4.23. The average Bonchev–Trinajstić information content (AvgIpc) is 3.38. The molecule has 2 aromatic rings. The minimum Gasteiger partial charge on any atom is -0.380 e. The summed E-state index contributed by atoms with van der Waals surface area (Å²) in [7, 11) is 3.69. The molecule has 4 rings (SSSR count). The molecule has 1 saturated heterocycles. The lowest BCUT2D eigenvalue weighted by Gasteiger charge is -2.18. The first kappa shape index (κ1) is 26.1. The van der Waals surface area contributed by atoms with Crippen LogP contribution < -0.4 is 15.5 Å². The van der Waals surface area contributed by atoms with Crippen LogP contribution in [0.25, 0.3) is 0 Å². The molecule has 1 aromatic heterocycles. The van der Waals surface area contributed by atoms with Gasteiger partial charge in [0.2, 0.25) is 5.91 Å². The Morgan fingerprint density at radius 2 is 2.06 bits per heavy atom. The molecule has 184 valence electrons. The summed E-state index contributed by atoms with van der Waals surface area (Å²) >= 11 is 0. The lowest BCUT2D eigenvalue weighted by molar-refractivity contribution is -0.115. The van der Waals surface area contributed by atoms with E-state index in [0.717, 1.165) is 62.1 Å². The molecule has 0 bridgehead atoms. The zero-order valence-corrected chi connectivity index (χ0v) is 20.7. The standard InChI is InChI=1S/C18H23N3O2.C10H12N2/c1-23-16-9-10-21(13-16)15-7-8-17(19-12-15)20-18(22)11-14-5-3-2-4-6-14;1-12-7-6-9-2-4-10(8-11)5-3-9/h3,5-8,12,16H,2,4,9-11,13H2,1H3,(H,19,20,22);2-5,12H,6-7H2,1H3. The molecule has 0 saturated carbocycles. The number of amides is 1. The second-order valence-corrected chi connectivity index (χ2v) is 8.64. The quantitative estimate of drug-likeness (QED) is 0.596. The van der Waals surface area contributed by atoms with Crippen LogP contribution in [0.4, 0.5) is 11.5 Å². The average molecular weight is 474 g/mol. The highest BCUT2D eigenvalue weighted by molar-refractivity contribution is 5.91. The van der Waals surface area contributed by atoms with Gasteiger partial charge in [-0.2, -0.15) is 5.26 Å². The first-order valence-electron chi connectivity index (χ1n) is 12.1. The number of carbonyl (C=O) groups is 1. The lowest BCUT2D eigenvalue weighted by Crippen LogP contribution is -2.22. The van der Waals surface area contributed by atoms with Crippen LogP contribution in [-0.2, 0) is 16.0 Å². The van der Waals surface area contributed by atoms with E-state index in [1.54, 1.807) is 7.11 Å². The number of nitrogens with one attached hydrogen (secondary N) is 2. The smallest absolute Gasteiger partial charge is 0.229 e. The number of pyridine rings is 1. The maximum atomic E-state index is 12.1. The molecule has 0 spiro atoms. The summed E-state index contributed by atoms with van der Waals surface area (Å²) in [4.78, 5) is 18.7. The molecule has 1 atom stereocenters. The van der Waals surface area contributed by atoms with Gasteiger partial charge in [-0.1, -0.05) is 30.4 Å². The van der Waals surface area contributed by atoms with E-state index in [1.807, 2.05) is 55.7 Å². The van der Waals surface area contributed by atoms with Crippen molar-refractivity contribution in [1.82, 2.24) is 10.3 Å². The summed E-state index contributed by atoms with van der Waals surface area (Å²) in [5.41, 5.74) is 4.14. The summed E-state index contributed by atoms with van der Waals surface area (Å²) in [6.07, 6.45) is 12.9. The summed E-state index contributed by atoms with van der Waals surface area (Å²) < 4.78 is 5.38. The van der Waals surface area contributed by atoms with Crippen molar-refractivity contribution in [3.63, 3.8) is 0 Å². The largest absolute Gasteiger partial charge is 0.380 e. The highest BCUT2D eigenvalue weighted by Crippen LogP contribution is 2.22. The number of aromatic nitrogens is 1. The van der Waals surface area contributed by atoms with Crippen molar-refractivity contribution < 1.29 is 9.53 Å². The van der Waals surface area contributed by atoms with Crippen molar-refractivity contribution >= 4 is 17.4 Å². The molecule has 2 N–H and O–H groups in total. The second-order valence-electron chi connectivity index (χ2n) is 8.64. The zero-order valence-electron chi connectivity index (χ0n) is 20.7. The Kier molecular flexibility index (Phi) is 10.5. The number of nitrogens with zero attached hydrogens (tertiary/aromatic N) is 3. The Hall–Kier alpha value is -3.47. The Labute approximate surface area is 208 Å². The fourth-order valence-electron chi connectivity index (χ4n) is 3.99.